The molecule has 0 aliphatic heterocycles. The van der Waals surface area contributed by atoms with Gasteiger partial charge in [-0.05, 0) is 41.7 Å². The number of anilines is 1. The Labute approximate surface area is 103 Å². The van der Waals surface area contributed by atoms with E-state index in [4.69, 9.17) is 12.2 Å². The summed E-state index contributed by atoms with van der Waals surface area (Å²) in [6, 6.07) is 6.44. The molecule has 1 rings (SSSR count). The topological polar surface area (TPSA) is 24.1 Å². The highest BCUT2D eigenvalue weighted by molar-refractivity contribution is 7.80. The van der Waals surface area contributed by atoms with E-state index >= 15 is 0 Å². The van der Waals surface area contributed by atoms with E-state index in [1.54, 1.807) is 0 Å². The van der Waals surface area contributed by atoms with Gasteiger partial charge < -0.3 is 10.6 Å². The van der Waals surface area contributed by atoms with Crippen molar-refractivity contribution in [3.05, 3.63) is 29.3 Å². The molecule has 16 heavy (non-hydrogen) atoms. The number of nitrogens with one attached hydrogen (secondary N) is 2. The zero-order valence-corrected chi connectivity index (χ0v) is 11.5. The van der Waals surface area contributed by atoms with Gasteiger partial charge in [0, 0.05) is 12.7 Å². The van der Waals surface area contributed by atoms with Gasteiger partial charge in [-0.3, -0.25) is 0 Å². The third-order valence-corrected chi connectivity index (χ3v) is 2.87. The first-order valence-electron chi connectivity index (χ1n) is 5.44. The van der Waals surface area contributed by atoms with Gasteiger partial charge in [0.05, 0.1) is 0 Å². The highest BCUT2D eigenvalue weighted by Crippen LogP contribution is 2.26. The second kappa shape index (κ2) is 4.83. The SMILES string of the molecule is CNC(=S)Nc1ccc(C(C)(C)C)cc1C. The maximum Gasteiger partial charge on any atom is 0.170 e. The van der Waals surface area contributed by atoms with Crippen molar-refractivity contribution in [2.24, 2.45) is 0 Å². The van der Waals surface area contributed by atoms with E-state index in [2.05, 4.69) is 56.5 Å². The van der Waals surface area contributed by atoms with E-state index in [0.29, 0.717) is 5.11 Å². The molecule has 2 N–H and O–H groups in total. The number of thiocarbonyl (C=S) groups is 1. The van der Waals surface area contributed by atoms with Gasteiger partial charge in [-0.15, -0.1) is 0 Å². The standard InChI is InChI=1S/C13H20N2S/c1-9-8-10(13(2,3)4)6-7-11(9)15-12(16)14-5/h6-8H,1-5H3,(H2,14,15,16). The van der Waals surface area contributed by atoms with Crippen LogP contribution in [0.3, 0.4) is 0 Å². The molecule has 0 bridgehead atoms. The third kappa shape index (κ3) is 3.20. The van der Waals surface area contributed by atoms with Crippen molar-refractivity contribution in [2.45, 2.75) is 33.1 Å². The summed E-state index contributed by atoms with van der Waals surface area (Å²) < 4.78 is 0. The number of hydrogen-bond acceptors (Lipinski definition) is 1. The van der Waals surface area contributed by atoms with Crippen LogP contribution in [0.15, 0.2) is 18.2 Å². The second-order valence-electron chi connectivity index (χ2n) is 4.98. The Morgan fingerprint density at radius 1 is 1.25 bits per heavy atom. The van der Waals surface area contributed by atoms with Crippen LogP contribution in [0.2, 0.25) is 0 Å². The largest absolute Gasteiger partial charge is 0.366 e. The summed E-state index contributed by atoms with van der Waals surface area (Å²) in [5.74, 6) is 0. The Morgan fingerprint density at radius 3 is 2.31 bits per heavy atom. The first kappa shape index (κ1) is 13.0. The van der Waals surface area contributed by atoms with Crippen LogP contribution in [0.5, 0.6) is 0 Å². The molecule has 0 spiro atoms. The summed E-state index contributed by atoms with van der Waals surface area (Å²) >= 11 is 5.08. The predicted octanol–water partition coefficient (Wildman–Crippen LogP) is 3.21. The maximum atomic E-state index is 5.08. The summed E-state index contributed by atoms with van der Waals surface area (Å²) in [7, 11) is 1.81. The van der Waals surface area contributed by atoms with Crippen LogP contribution < -0.4 is 10.6 Å². The fraction of sp³-hybridized carbons (Fsp3) is 0.462. The van der Waals surface area contributed by atoms with Crippen molar-refractivity contribution in [1.29, 1.82) is 0 Å². The molecule has 3 heteroatoms. The van der Waals surface area contributed by atoms with Gasteiger partial charge in [0.25, 0.3) is 0 Å². The van der Waals surface area contributed by atoms with Gasteiger partial charge in [-0.25, -0.2) is 0 Å². The van der Waals surface area contributed by atoms with E-state index in [1.807, 2.05) is 7.05 Å². The lowest BCUT2D eigenvalue weighted by atomic mass is 9.86. The smallest absolute Gasteiger partial charge is 0.170 e. The first-order chi connectivity index (χ1) is 7.34. The highest BCUT2D eigenvalue weighted by atomic mass is 32.1. The molecule has 2 nitrogen and oxygen atoms in total. The molecule has 0 heterocycles. The summed E-state index contributed by atoms with van der Waals surface area (Å²) in [5.41, 5.74) is 3.80. The van der Waals surface area contributed by atoms with Crippen molar-refractivity contribution < 1.29 is 0 Å². The first-order valence-corrected chi connectivity index (χ1v) is 5.85. The van der Waals surface area contributed by atoms with Crippen LogP contribution in [0, 0.1) is 6.92 Å². The Hall–Kier alpha value is -1.09. The van der Waals surface area contributed by atoms with Crippen LogP contribution in [0.1, 0.15) is 31.9 Å². The Balaban J connectivity index is 2.96. The molecule has 0 saturated heterocycles. The van der Waals surface area contributed by atoms with E-state index in [-0.39, 0.29) is 5.41 Å². The van der Waals surface area contributed by atoms with Crippen LogP contribution in [0.25, 0.3) is 0 Å². The lowest BCUT2D eigenvalue weighted by molar-refractivity contribution is 0.590. The van der Waals surface area contributed by atoms with Crippen molar-refractivity contribution >= 4 is 23.0 Å². The summed E-state index contributed by atoms with van der Waals surface area (Å²) in [4.78, 5) is 0. The molecule has 88 valence electrons. The van der Waals surface area contributed by atoms with Crippen LogP contribution in [0.4, 0.5) is 5.69 Å². The lowest BCUT2D eigenvalue weighted by Crippen LogP contribution is -2.24. The Kier molecular flexibility index (Phi) is 3.92. The van der Waals surface area contributed by atoms with Crippen molar-refractivity contribution in [1.82, 2.24) is 5.32 Å². The molecule has 0 atom stereocenters. The van der Waals surface area contributed by atoms with Gasteiger partial charge >= 0.3 is 0 Å². The quantitative estimate of drug-likeness (QED) is 0.732. The number of hydrogen-bond donors (Lipinski definition) is 2. The minimum absolute atomic E-state index is 0.187. The Bertz CT molecular complexity index is 391. The molecule has 0 aliphatic rings. The molecule has 0 aromatic heterocycles. The molecule has 0 aliphatic carbocycles. The van der Waals surface area contributed by atoms with E-state index < -0.39 is 0 Å². The van der Waals surface area contributed by atoms with Crippen LogP contribution in [-0.4, -0.2) is 12.2 Å². The second-order valence-corrected chi connectivity index (χ2v) is 5.39. The average molecular weight is 236 g/mol. The van der Waals surface area contributed by atoms with Crippen molar-refractivity contribution in [3.8, 4) is 0 Å². The maximum absolute atomic E-state index is 5.08. The summed E-state index contributed by atoms with van der Waals surface area (Å²) in [5, 5.41) is 6.71. The van der Waals surface area contributed by atoms with Gasteiger partial charge in [-0.1, -0.05) is 32.9 Å². The highest BCUT2D eigenvalue weighted by Gasteiger charge is 2.14. The van der Waals surface area contributed by atoms with Gasteiger partial charge in [0.2, 0.25) is 0 Å². The zero-order chi connectivity index (χ0) is 12.3. The predicted molar refractivity (Wildman–Crippen MR) is 75.2 cm³/mol. The normalized spacial score (nSPS) is 11.1. The number of rotatable bonds is 1. The van der Waals surface area contributed by atoms with Crippen molar-refractivity contribution in [2.75, 3.05) is 12.4 Å². The van der Waals surface area contributed by atoms with Crippen LogP contribution in [-0.2, 0) is 5.41 Å². The van der Waals surface area contributed by atoms with Crippen molar-refractivity contribution in [3.63, 3.8) is 0 Å². The molecule has 0 amide bonds. The minimum atomic E-state index is 0.187. The number of aryl methyl sites for hydroxylation is 1. The van der Waals surface area contributed by atoms with E-state index in [1.165, 1.54) is 11.1 Å². The molecular weight excluding hydrogens is 216 g/mol. The third-order valence-electron chi connectivity index (χ3n) is 2.57. The van der Waals surface area contributed by atoms with Crippen LogP contribution >= 0.6 is 12.2 Å². The minimum Gasteiger partial charge on any atom is -0.366 e. The monoisotopic (exact) mass is 236 g/mol. The van der Waals surface area contributed by atoms with Gasteiger partial charge in [0.1, 0.15) is 0 Å². The van der Waals surface area contributed by atoms with E-state index in [0.717, 1.165) is 5.69 Å². The number of benzene rings is 1. The zero-order valence-electron chi connectivity index (χ0n) is 10.6. The fourth-order valence-electron chi connectivity index (χ4n) is 1.46. The molecule has 0 saturated carbocycles. The average Bonchev–Trinajstić information content (AvgIpc) is 2.19. The molecule has 0 fully saturated rings. The summed E-state index contributed by atoms with van der Waals surface area (Å²) in [6.07, 6.45) is 0. The molecule has 1 aromatic carbocycles. The molecular formula is C13H20N2S. The summed E-state index contributed by atoms with van der Waals surface area (Å²) in [6.45, 7) is 8.74. The molecule has 1 aromatic rings. The molecule has 0 radical (unpaired) electrons. The van der Waals surface area contributed by atoms with E-state index in [9.17, 15) is 0 Å². The Morgan fingerprint density at radius 2 is 1.88 bits per heavy atom. The fourth-order valence-corrected chi connectivity index (χ4v) is 1.57. The lowest BCUT2D eigenvalue weighted by Gasteiger charge is -2.21. The van der Waals surface area contributed by atoms with Gasteiger partial charge in [0.15, 0.2) is 5.11 Å². The van der Waals surface area contributed by atoms with Gasteiger partial charge in [-0.2, -0.15) is 0 Å². The molecule has 0 unspecified atom stereocenters.